The summed E-state index contributed by atoms with van der Waals surface area (Å²) < 4.78 is 27.6. The molecule has 1 aliphatic heterocycles. The van der Waals surface area contributed by atoms with E-state index in [9.17, 15) is 13.2 Å². The minimum absolute atomic E-state index is 0.150. The largest absolute Gasteiger partial charge is 0.319 e. The van der Waals surface area contributed by atoms with Crippen LogP contribution >= 0.6 is 11.3 Å². The number of hydrogen-bond donors (Lipinski definition) is 0. The van der Waals surface area contributed by atoms with E-state index in [1.165, 1.54) is 21.9 Å². The van der Waals surface area contributed by atoms with Crippen LogP contribution in [0.1, 0.15) is 18.4 Å². The van der Waals surface area contributed by atoms with Crippen LogP contribution in [0.5, 0.6) is 0 Å². The zero-order valence-corrected chi connectivity index (χ0v) is 15.7. The molecule has 130 valence electrons. The average Bonchev–Trinajstić information content (AvgIpc) is 2.84. The third kappa shape index (κ3) is 3.31. The summed E-state index contributed by atoms with van der Waals surface area (Å²) in [7, 11) is -1.25. The van der Waals surface area contributed by atoms with Crippen molar-refractivity contribution in [1.29, 1.82) is 0 Å². The summed E-state index contributed by atoms with van der Waals surface area (Å²) in [6.07, 6.45) is 2.27. The Kier molecular flexibility index (Phi) is 4.63. The first-order valence-corrected chi connectivity index (χ1v) is 10.5. The molecule has 3 rings (SSSR count). The number of amides is 1. The minimum atomic E-state index is -3.17. The second kappa shape index (κ2) is 6.42. The Morgan fingerprint density at radius 2 is 1.96 bits per heavy atom. The fourth-order valence-electron chi connectivity index (χ4n) is 3.12. The van der Waals surface area contributed by atoms with Crippen LogP contribution in [0.3, 0.4) is 0 Å². The number of aryl methyl sites for hydroxylation is 2. The summed E-state index contributed by atoms with van der Waals surface area (Å²) >= 11 is 1.50. The van der Waals surface area contributed by atoms with Gasteiger partial charge in [0.25, 0.3) is 5.91 Å². The van der Waals surface area contributed by atoms with Crippen molar-refractivity contribution in [3.63, 3.8) is 0 Å². The van der Waals surface area contributed by atoms with Gasteiger partial charge < -0.3 is 4.57 Å². The van der Waals surface area contributed by atoms with E-state index in [1.54, 1.807) is 0 Å². The van der Waals surface area contributed by atoms with Crippen LogP contribution < -0.4 is 4.80 Å². The van der Waals surface area contributed by atoms with E-state index in [0.29, 0.717) is 30.7 Å². The van der Waals surface area contributed by atoms with Crippen LogP contribution in [0.4, 0.5) is 0 Å². The zero-order valence-electron chi connectivity index (χ0n) is 14.0. The molecule has 0 bridgehead atoms. The zero-order chi connectivity index (χ0) is 17.5. The lowest BCUT2D eigenvalue weighted by molar-refractivity contribution is -0.122. The lowest BCUT2D eigenvalue weighted by Crippen LogP contribution is -2.39. The molecule has 0 saturated carbocycles. The van der Waals surface area contributed by atoms with Crippen molar-refractivity contribution < 1.29 is 13.2 Å². The molecule has 1 aliphatic rings. The van der Waals surface area contributed by atoms with E-state index in [-0.39, 0.29) is 11.8 Å². The molecule has 1 aromatic heterocycles. The monoisotopic (exact) mass is 367 g/mol. The van der Waals surface area contributed by atoms with E-state index in [1.807, 2.05) is 36.7 Å². The molecule has 0 N–H and O–H groups in total. The van der Waals surface area contributed by atoms with E-state index >= 15 is 0 Å². The fraction of sp³-hybridized carbons (Fsp3) is 0.500. The van der Waals surface area contributed by atoms with E-state index < -0.39 is 10.0 Å². The molecule has 1 saturated heterocycles. The van der Waals surface area contributed by atoms with Crippen LogP contribution in [-0.2, 0) is 21.9 Å². The van der Waals surface area contributed by atoms with Crippen LogP contribution in [0.25, 0.3) is 10.2 Å². The number of hydrogen-bond acceptors (Lipinski definition) is 4. The molecule has 0 spiro atoms. The first kappa shape index (κ1) is 17.3. The predicted octanol–water partition coefficient (Wildman–Crippen LogP) is 1.65. The Bertz CT molecular complexity index is 949. The Morgan fingerprint density at radius 1 is 1.29 bits per heavy atom. The molecule has 0 atom stereocenters. The third-order valence-electron chi connectivity index (χ3n) is 4.50. The maximum atomic E-state index is 12.5. The number of benzene rings is 1. The van der Waals surface area contributed by atoms with Gasteiger partial charge in [-0.25, -0.2) is 12.7 Å². The highest BCUT2D eigenvalue weighted by Crippen LogP contribution is 2.22. The fourth-order valence-corrected chi connectivity index (χ4v) is 5.10. The van der Waals surface area contributed by atoms with Gasteiger partial charge in [-0.15, -0.1) is 0 Å². The summed E-state index contributed by atoms with van der Waals surface area (Å²) in [6, 6.07) is 6.07. The molecule has 2 heterocycles. The van der Waals surface area contributed by atoms with Gasteiger partial charge in [-0.05, 0) is 31.4 Å². The predicted molar refractivity (Wildman–Crippen MR) is 95.2 cm³/mol. The van der Waals surface area contributed by atoms with Gasteiger partial charge in [0.1, 0.15) is 0 Å². The number of rotatable bonds is 2. The quantitative estimate of drug-likeness (QED) is 0.810. The topological polar surface area (TPSA) is 71.7 Å². The normalized spacial score (nSPS) is 18.4. The van der Waals surface area contributed by atoms with E-state index in [4.69, 9.17) is 0 Å². The molecule has 1 amide bonds. The molecule has 1 aromatic carbocycles. The van der Waals surface area contributed by atoms with Crippen molar-refractivity contribution in [1.82, 2.24) is 8.87 Å². The minimum Gasteiger partial charge on any atom is -0.319 e. The molecular weight excluding hydrogens is 346 g/mol. The highest BCUT2D eigenvalue weighted by atomic mass is 32.2. The van der Waals surface area contributed by atoms with E-state index in [2.05, 4.69) is 4.99 Å². The van der Waals surface area contributed by atoms with E-state index in [0.717, 1.165) is 15.8 Å². The Hall–Kier alpha value is -1.51. The first-order valence-electron chi connectivity index (χ1n) is 7.86. The van der Waals surface area contributed by atoms with Gasteiger partial charge in [0.2, 0.25) is 10.0 Å². The number of para-hydroxylation sites is 1. The van der Waals surface area contributed by atoms with Gasteiger partial charge in [0.05, 0.1) is 16.5 Å². The summed E-state index contributed by atoms with van der Waals surface area (Å²) in [5.41, 5.74) is 2.25. The summed E-state index contributed by atoms with van der Waals surface area (Å²) in [5.74, 6) is -0.350. The van der Waals surface area contributed by atoms with Gasteiger partial charge in [0.15, 0.2) is 4.80 Å². The van der Waals surface area contributed by atoms with Gasteiger partial charge in [-0.2, -0.15) is 4.99 Å². The number of carbonyl (C=O) groups excluding carboxylic acids is 1. The summed E-state index contributed by atoms with van der Waals surface area (Å²) in [6.45, 7) is 2.83. The first-order chi connectivity index (χ1) is 11.3. The average molecular weight is 367 g/mol. The standard InChI is InChI=1S/C16H21N3O3S2/c1-11-5-4-6-13-14(11)18(2)16(23-13)17-15(20)12-7-9-19(10-8-12)24(3,21)22/h4-6,12H,7-10H2,1-3H3. The number of sulfonamides is 1. The van der Waals surface area contributed by atoms with Gasteiger partial charge >= 0.3 is 0 Å². The molecule has 0 unspecified atom stereocenters. The molecule has 0 radical (unpaired) electrons. The highest BCUT2D eigenvalue weighted by Gasteiger charge is 2.28. The molecule has 8 heteroatoms. The summed E-state index contributed by atoms with van der Waals surface area (Å²) in [5, 5.41) is 0. The third-order valence-corrected chi connectivity index (χ3v) is 6.90. The number of thiazole rings is 1. The van der Waals surface area contributed by atoms with Gasteiger partial charge in [0, 0.05) is 26.1 Å². The molecule has 1 fully saturated rings. The second-order valence-electron chi connectivity index (χ2n) is 6.25. The Morgan fingerprint density at radius 3 is 2.54 bits per heavy atom. The Balaban J connectivity index is 1.84. The summed E-state index contributed by atoms with van der Waals surface area (Å²) in [4.78, 5) is 17.5. The van der Waals surface area contributed by atoms with Crippen molar-refractivity contribution in [3.05, 3.63) is 28.6 Å². The SMILES string of the molecule is Cc1cccc2sc(=NC(=O)C3CCN(S(C)(=O)=O)CC3)n(C)c12. The lowest BCUT2D eigenvalue weighted by atomic mass is 9.98. The molecular formula is C16H21N3O3S2. The maximum Gasteiger partial charge on any atom is 0.251 e. The lowest BCUT2D eigenvalue weighted by Gasteiger charge is -2.28. The number of aromatic nitrogens is 1. The molecule has 24 heavy (non-hydrogen) atoms. The van der Waals surface area contributed by atoms with Gasteiger partial charge in [-0.1, -0.05) is 23.5 Å². The van der Waals surface area contributed by atoms with Crippen LogP contribution in [0, 0.1) is 12.8 Å². The smallest absolute Gasteiger partial charge is 0.251 e. The van der Waals surface area contributed by atoms with Crippen LogP contribution in [-0.4, -0.2) is 42.5 Å². The van der Waals surface area contributed by atoms with Crippen LogP contribution in [0.15, 0.2) is 23.2 Å². The Labute approximate surface area is 145 Å². The van der Waals surface area contributed by atoms with Crippen molar-refractivity contribution in [2.75, 3.05) is 19.3 Å². The molecule has 0 aliphatic carbocycles. The van der Waals surface area contributed by atoms with Crippen molar-refractivity contribution in [2.45, 2.75) is 19.8 Å². The number of carbonyl (C=O) groups is 1. The number of piperidine rings is 1. The van der Waals surface area contributed by atoms with Crippen molar-refractivity contribution in [2.24, 2.45) is 18.0 Å². The maximum absolute atomic E-state index is 12.5. The van der Waals surface area contributed by atoms with Gasteiger partial charge in [-0.3, -0.25) is 4.79 Å². The molecule has 6 nitrogen and oxygen atoms in total. The van der Waals surface area contributed by atoms with Crippen molar-refractivity contribution in [3.8, 4) is 0 Å². The molecule has 2 aromatic rings. The highest BCUT2D eigenvalue weighted by molar-refractivity contribution is 7.88. The number of fused-ring (bicyclic) bond motifs is 1. The number of nitrogens with zero attached hydrogens (tertiary/aromatic N) is 3. The van der Waals surface area contributed by atoms with Crippen LogP contribution in [0.2, 0.25) is 0 Å². The van der Waals surface area contributed by atoms with Crippen molar-refractivity contribution >= 4 is 37.5 Å². The second-order valence-corrected chi connectivity index (χ2v) is 9.24.